The number of benzene rings is 2. The van der Waals surface area contributed by atoms with Crippen molar-refractivity contribution in [3.05, 3.63) is 59.7 Å². The minimum atomic E-state index is -0.229. The van der Waals surface area contributed by atoms with Crippen LogP contribution in [0.25, 0.3) is 0 Å². The zero-order chi connectivity index (χ0) is 16.7. The molecule has 5 nitrogen and oxygen atoms in total. The van der Waals surface area contributed by atoms with Gasteiger partial charge in [0.1, 0.15) is 11.5 Å². The highest BCUT2D eigenvalue weighted by Gasteiger charge is 2.12. The molecule has 0 radical (unpaired) electrons. The second-order valence-corrected chi connectivity index (χ2v) is 5.18. The van der Waals surface area contributed by atoms with Gasteiger partial charge in [0.15, 0.2) is 0 Å². The lowest BCUT2D eigenvalue weighted by atomic mass is 10.1. The van der Waals surface area contributed by atoms with Crippen LogP contribution in [-0.4, -0.2) is 26.7 Å². The van der Waals surface area contributed by atoms with Crippen molar-refractivity contribution in [1.29, 1.82) is 0 Å². The molecule has 0 heterocycles. The highest BCUT2D eigenvalue weighted by molar-refractivity contribution is 5.79. The van der Waals surface area contributed by atoms with Crippen LogP contribution < -0.4 is 20.5 Å². The molecule has 2 aromatic rings. The van der Waals surface area contributed by atoms with Gasteiger partial charge in [-0.2, -0.15) is 0 Å². The van der Waals surface area contributed by atoms with Gasteiger partial charge in [0.05, 0.1) is 20.6 Å². The van der Waals surface area contributed by atoms with Crippen molar-refractivity contribution in [2.24, 2.45) is 5.73 Å². The molecule has 1 atom stereocenters. The predicted octanol–water partition coefficient (Wildman–Crippen LogP) is 2.06. The molecule has 0 aliphatic rings. The lowest BCUT2D eigenvalue weighted by Crippen LogP contribution is -2.32. The Kier molecular flexibility index (Phi) is 6.00. The summed E-state index contributed by atoms with van der Waals surface area (Å²) in [7, 11) is 3.17. The van der Waals surface area contributed by atoms with Gasteiger partial charge in [-0.25, -0.2) is 0 Å². The van der Waals surface area contributed by atoms with Crippen molar-refractivity contribution in [3.8, 4) is 11.5 Å². The first-order chi connectivity index (χ1) is 11.1. The van der Waals surface area contributed by atoms with Gasteiger partial charge in [-0.3, -0.25) is 4.79 Å². The maximum absolute atomic E-state index is 12.2. The van der Waals surface area contributed by atoms with Gasteiger partial charge in [-0.05, 0) is 23.8 Å². The molecule has 0 aromatic heterocycles. The van der Waals surface area contributed by atoms with Crippen LogP contribution in [-0.2, 0) is 11.2 Å². The Morgan fingerprint density at radius 1 is 1.13 bits per heavy atom. The van der Waals surface area contributed by atoms with Crippen molar-refractivity contribution < 1.29 is 14.3 Å². The SMILES string of the molecule is COc1ccc(OC)c(CC(=O)NCC(N)c2ccccc2)c1. The quantitative estimate of drug-likeness (QED) is 0.820. The third kappa shape index (κ3) is 4.72. The highest BCUT2D eigenvalue weighted by Crippen LogP contribution is 2.24. The monoisotopic (exact) mass is 314 g/mol. The van der Waals surface area contributed by atoms with Crippen molar-refractivity contribution >= 4 is 5.91 Å². The molecule has 0 fully saturated rings. The highest BCUT2D eigenvalue weighted by atomic mass is 16.5. The van der Waals surface area contributed by atoms with E-state index in [-0.39, 0.29) is 18.4 Å². The van der Waals surface area contributed by atoms with Gasteiger partial charge in [0, 0.05) is 18.2 Å². The smallest absolute Gasteiger partial charge is 0.224 e. The number of ether oxygens (including phenoxy) is 2. The van der Waals surface area contributed by atoms with Crippen molar-refractivity contribution in [2.75, 3.05) is 20.8 Å². The molecule has 2 rings (SSSR count). The zero-order valence-corrected chi connectivity index (χ0v) is 13.4. The molecule has 122 valence electrons. The number of rotatable bonds is 7. The van der Waals surface area contributed by atoms with E-state index in [9.17, 15) is 4.79 Å². The van der Waals surface area contributed by atoms with Gasteiger partial charge in [0.25, 0.3) is 0 Å². The number of amides is 1. The molecule has 1 unspecified atom stereocenters. The van der Waals surface area contributed by atoms with E-state index in [0.29, 0.717) is 18.0 Å². The molecule has 0 bridgehead atoms. The Bertz CT molecular complexity index is 644. The van der Waals surface area contributed by atoms with Crippen LogP contribution in [0.15, 0.2) is 48.5 Å². The summed E-state index contributed by atoms with van der Waals surface area (Å²) in [4.78, 5) is 12.2. The molecule has 5 heteroatoms. The van der Waals surface area contributed by atoms with E-state index in [4.69, 9.17) is 15.2 Å². The Labute approximate surface area is 136 Å². The van der Waals surface area contributed by atoms with Crippen LogP contribution in [0, 0.1) is 0 Å². The van der Waals surface area contributed by atoms with Crippen LogP contribution in [0.3, 0.4) is 0 Å². The molecule has 3 N–H and O–H groups in total. The molecule has 0 saturated heterocycles. The summed E-state index contributed by atoms with van der Waals surface area (Å²) in [5.41, 5.74) is 7.85. The van der Waals surface area contributed by atoms with Crippen molar-refractivity contribution in [2.45, 2.75) is 12.5 Å². The van der Waals surface area contributed by atoms with Crippen molar-refractivity contribution in [3.63, 3.8) is 0 Å². The Morgan fingerprint density at radius 2 is 1.87 bits per heavy atom. The van der Waals surface area contributed by atoms with E-state index < -0.39 is 0 Å². The molecule has 0 saturated carbocycles. The van der Waals surface area contributed by atoms with E-state index in [1.54, 1.807) is 32.4 Å². The Balaban J connectivity index is 1.94. The summed E-state index contributed by atoms with van der Waals surface area (Å²) in [6.07, 6.45) is 0.210. The zero-order valence-electron chi connectivity index (χ0n) is 13.4. The van der Waals surface area contributed by atoms with Crippen LogP contribution in [0.2, 0.25) is 0 Å². The number of nitrogens with one attached hydrogen (secondary N) is 1. The van der Waals surface area contributed by atoms with E-state index >= 15 is 0 Å². The first kappa shape index (κ1) is 16.8. The van der Waals surface area contributed by atoms with Crippen LogP contribution in [0.5, 0.6) is 11.5 Å². The first-order valence-electron chi connectivity index (χ1n) is 7.42. The van der Waals surface area contributed by atoms with Gasteiger partial charge < -0.3 is 20.5 Å². The maximum atomic E-state index is 12.2. The molecule has 2 aromatic carbocycles. The second kappa shape index (κ2) is 8.19. The number of hydrogen-bond donors (Lipinski definition) is 2. The van der Waals surface area contributed by atoms with Gasteiger partial charge in [-0.15, -0.1) is 0 Å². The minimum Gasteiger partial charge on any atom is -0.497 e. The molecule has 0 aliphatic carbocycles. The van der Waals surface area contributed by atoms with E-state index in [0.717, 1.165) is 11.1 Å². The second-order valence-electron chi connectivity index (χ2n) is 5.18. The lowest BCUT2D eigenvalue weighted by molar-refractivity contribution is -0.120. The Morgan fingerprint density at radius 3 is 2.52 bits per heavy atom. The maximum Gasteiger partial charge on any atom is 0.224 e. The predicted molar refractivity (Wildman–Crippen MR) is 89.6 cm³/mol. The average molecular weight is 314 g/mol. The molecule has 0 spiro atoms. The van der Waals surface area contributed by atoms with E-state index in [2.05, 4.69) is 5.32 Å². The molecule has 0 aliphatic heterocycles. The van der Waals surface area contributed by atoms with Crippen LogP contribution in [0.4, 0.5) is 0 Å². The van der Waals surface area contributed by atoms with E-state index in [1.807, 2.05) is 30.3 Å². The third-order valence-electron chi connectivity index (χ3n) is 3.59. The standard InChI is InChI=1S/C18H22N2O3/c1-22-15-8-9-17(23-2)14(10-15)11-18(21)20-12-16(19)13-6-4-3-5-7-13/h3-10,16H,11-12,19H2,1-2H3,(H,20,21). The first-order valence-corrected chi connectivity index (χ1v) is 7.42. The van der Waals surface area contributed by atoms with Crippen molar-refractivity contribution in [1.82, 2.24) is 5.32 Å². The number of carbonyl (C=O) groups is 1. The number of methoxy groups -OCH3 is 2. The van der Waals surface area contributed by atoms with E-state index in [1.165, 1.54) is 0 Å². The molecule has 23 heavy (non-hydrogen) atoms. The Hall–Kier alpha value is -2.53. The number of carbonyl (C=O) groups excluding carboxylic acids is 1. The summed E-state index contributed by atoms with van der Waals surface area (Å²) in [6.45, 7) is 0.384. The van der Waals surface area contributed by atoms with Gasteiger partial charge in [-0.1, -0.05) is 30.3 Å². The number of nitrogens with two attached hydrogens (primary N) is 1. The fourth-order valence-electron chi connectivity index (χ4n) is 2.30. The summed E-state index contributed by atoms with van der Waals surface area (Å²) in [5, 5.41) is 2.86. The van der Waals surface area contributed by atoms with Gasteiger partial charge in [0.2, 0.25) is 5.91 Å². The largest absolute Gasteiger partial charge is 0.497 e. The lowest BCUT2D eigenvalue weighted by Gasteiger charge is -2.14. The topological polar surface area (TPSA) is 73.6 Å². The summed E-state index contributed by atoms with van der Waals surface area (Å²) < 4.78 is 10.5. The normalized spacial score (nSPS) is 11.6. The summed E-state index contributed by atoms with van der Waals surface area (Å²) in [5.74, 6) is 1.24. The molecule has 1 amide bonds. The average Bonchev–Trinajstić information content (AvgIpc) is 2.60. The number of hydrogen-bond acceptors (Lipinski definition) is 4. The molecular formula is C18H22N2O3. The van der Waals surface area contributed by atoms with Crippen LogP contribution in [0.1, 0.15) is 17.2 Å². The fraction of sp³-hybridized carbons (Fsp3) is 0.278. The summed E-state index contributed by atoms with van der Waals surface area (Å²) in [6, 6.07) is 14.8. The minimum absolute atomic E-state index is 0.108. The van der Waals surface area contributed by atoms with Gasteiger partial charge >= 0.3 is 0 Å². The molecular weight excluding hydrogens is 292 g/mol. The fourth-order valence-corrected chi connectivity index (χ4v) is 2.30. The third-order valence-corrected chi connectivity index (χ3v) is 3.59. The van der Waals surface area contributed by atoms with Crippen LogP contribution >= 0.6 is 0 Å². The summed E-state index contributed by atoms with van der Waals surface area (Å²) >= 11 is 0.